The van der Waals surface area contributed by atoms with Crippen LogP contribution in [0.4, 0.5) is 15.5 Å². The van der Waals surface area contributed by atoms with Gasteiger partial charge in [0, 0.05) is 30.5 Å². The summed E-state index contributed by atoms with van der Waals surface area (Å²) in [6.45, 7) is 0. The summed E-state index contributed by atoms with van der Waals surface area (Å²) in [5.41, 5.74) is 0. The molecule has 0 radical (unpaired) electrons. The van der Waals surface area contributed by atoms with Crippen molar-refractivity contribution in [3.05, 3.63) is 88.9 Å². The van der Waals surface area contributed by atoms with E-state index in [2.05, 4.69) is 22.8 Å². The molecule has 0 atom stereocenters. The average molecular weight is 508 g/mol. The summed E-state index contributed by atoms with van der Waals surface area (Å²) in [4.78, 5) is 0.983. The summed E-state index contributed by atoms with van der Waals surface area (Å²) in [6, 6.07) is 21.1. The Morgan fingerprint density at radius 1 is 0.571 bits per heavy atom. The summed E-state index contributed by atoms with van der Waals surface area (Å²) >= 11 is 11.1. The van der Waals surface area contributed by atoms with Crippen LogP contribution in [0.15, 0.2) is 93.5 Å². The van der Waals surface area contributed by atoms with Gasteiger partial charge in [-0.1, -0.05) is 63.0 Å². The van der Waals surface area contributed by atoms with Crippen LogP contribution in [0.5, 0.6) is 0 Å². The largest absolute Gasteiger partial charge is 0.253 e. The topological polar surface area (TPSA) is 0 Å². The zero-order chi connectivity index (χ0) is 20.9. The molecule has 0 saturated heterocycles. The van der Waals surface area contributed by atoms with E-state index >= 15 is 0 Å². The van der Waals surface area contributed by atoms with Gasteiger partial charge in [0.15, 0.2) is 0 Å². The highest BCUT2D eigenvalue weighted by Crippen LogP contribution is 3.04. The molecule has 3 aromatic carbocycles. The van der Waals surface area contributed by atoms with E-state index < -0.39 is 13.9 Å². The van der Waals surface area contributed by atoms with Crippen molar-refractivity contribution in [2.24, 2.45) is 0 Å². The second-order valence-corrected chi connectivity index (χ2v) is 12.8. The van der Waals surface area contributed by atoms with Gasteiger partial charge in [-0.25, -0.2) is 0 Å². The number of hydrogen-bond acceptors (Lipinski definition) is 2. The molecule has 0 heterocycles. The van der Waals surface area contributed by atoms with Crippen molar-refractivity contribution in [2.75, 3.05) is 0 Å². The smallest absolute Gasteiger partial charge is 0.107 e. The van der Waals surface area contributed by atoms with Crippen LogP contribution < -0.4 is 0 Å². The van der Waals surface area contributed by atoms with Crippen molar-refractivity contribution in [3.63, 3.8) is 0 Å². The van der Waals surface area contributed by atoms with E-state index in [4.69, 9.17) is 23.2 Å². The monoisotopic (exact) mass is 506 g/mol. The first-order valence-corrected chi connectivity index (χ1v) is 13.3. The van der Waals surface area contributed by atoms with Gasteiger partial charge in [-0.05, 0) is 60.7 Å². The molecule has 10 heteroatoms. The fourth-order valence-corrected chi connectivity index (χ4v) is 4.92. The van der Waals surface area contributed by atoms with Crippen LogP contribution >= 0.6 is 64.5 Å². The van der Waals surface area contributed by atoms with Crippen LogP contribution in [0, 0.1) is 0 Å². The Morgan fingerprint density at radius 3 is 1.39 bits per heavy atom. The first kappa shape index (κ1) is 23.6. The van der Waals surface area contributed by atoms with Gasteiger partial charge >= 0.3 is 0 Å². The molecule has 0 N–H and O–H groups in total. The quantitative estimate of drug-likeness (QED) is 0.254. The summed E-state index contributed by atoms with van der Waals surface area (Å²) < 4.78 is 49.9. The number of rotatable bonds is 4. The molecule has 0 unspecified atom stereocenters. The lowest BCUT2D eigenvalue weighted by atomic mass is 10.4. The zero-order valence-electron chi connectivity index (χ0n) is 13.9. The van der Waals surface area contributed by atoms with E-state index in [1.54, 1.807) is 21.6 Å². The van der Waals surface area contributed by atoms with Crippen LogP contribution in [0.2, 0.25) is 10.0 Å². The highest BCUT2D eigenvalue weighted by molar-refractivity contribution is 8.76. The molecule has 0 bridgehead atoms. The molecule has 0 spiro atoms. The molecule has 0 aromatic heterocycles. The first-order valence-electron chi connectivity index (χ1n) is 7.48. The zero-order valence-corrected chi connectivity index (χ0v) is 18.6. The van der Waals surface area contributed by atoms with E-state index in [1.807, 2.05) is 42.5 Å². The Hall–Kier alpha value is -0.700. The van der Waals surface area contributed by atoms with Gasteiger partial charge in [0.2, 0.25) is 0 Å². The third-order valence-electron chi connectivity index (χ3n) is 3.05. The second-order valence-electron chi connectivity index (χ2n) is 5.36. The van der Waals surface area contributed by atoms with Crippen LogP contribution in [-0.4, -0.2) is 0 Å². The number of hydrogen-bond donors (Lipinski definition) is 0. The standard InChI is InChI=1S/C12H9ClS2.C6H4Cl2F4S/c13-10-6-8-12(9-7-10)15-14-11-4-2-1-3-5-11;7-5-1-3-6(4-2-5)13(8,9,10,11)12/h1-9H;1-4H. The highest BCUT2D eigenvalue weighted by Gasteiger charge is 2.62. The normalized spacial score (nSPS) is 13.7. The molecule has 0 aliphatic carbocycles. The van der Waals surface area contributed by atoms with Crippen LogP contribution in [-0.2, 0) is 0 Å². The first-order chi connectivity index (χ1) is 12.8. The maximum Gasteiger partial charge on any atom is 0.253 e. The molecule has 3 aromatic rings. The fourth-order valence-electron chi connectivity index (χ4n) is 1.75. The number of halogens is 7. The highest BCUT2D eigenvalue weighted by atomic mass is 35.7. The summed E-state index contributed by atoms with van der Waals surface area (Å²) in [5, 5.41) is 0.867. The van der Waals surface area contributed by atoms with Crippen molar-refractivity contribution in [1.82, 2.24) is 0 Å². The Kier molecular flexibility index (Phi) is 7.22. The molecule has 0 fully saturated rings. The maximum absolute atomic E-state index is 12.5. The van der Waals surface area contributed by atoms with E-state index in [0.717, 1.165) is 17.2 Å². The Morgan fingerprint density at radius 2 is 0.964 bits per heavy atom. The van der Waals surface area contributed by atoms with Crippen molar-refractivity contribution in [1.29, 1.82) is 0 Å². The van der Waals surface area contributed by atoms with E-state index in [1.165, 1.54) is 9.79 Å². The lowest BCUT2D eigenvalue weighted by molar-refractivity contribution is 0.480. The number of benzene rings is 3. The average Bonchev–Trinajstić information content (AvgIpc) is 2.61. The van der Waals surface area contributed by atoms with Crippen molar-refractivity contribution >= 4 is 64.5 Å². The minimum absolute atomic E-state index is 0.0854. The Balaban J connectivity index is 0.000000203. The minimum Gasteiger partial charge on any atom is -0.107 e. The summed E-state index contributed by atoms with van der Waals surface area (Å²) in [7, 11) is -1.02. The molecule has 0 aliphatic heterocycles. The van der Waals surface area contributed by atoms with Gasteiger partial charge in [0.1, 0.15) is 0 Å². The molecular formula is C18H13Cl3F4S3. The third-order valence-corrected chi connectivity index (χ3v) is 7.67. The molecule has 0 saturated carbocycles. The van der Waals surface area contributed by atoms with Gasteiger partial charge in [0.05, 0.1) is 4.90 Å². The molecule has 0 nitrogen and oxygen atoms in total. The molecule has 0 amide bonds. The van der Waals surface area contributed by atoms with Crippen LogP contribution in [0.25, 0.3) is 0 Å². The molecule has 0 aliphatic rings. The van der Waals surface area contributed by atoms with Gasteiger partial charge in [-0.3, -0.25) is 0 Å². The van der Waals surface area contributed by atoms with Crippen molar-refractivity contribution in [2.45, 2.75) is 14.7 Å². The molecule has 28 heavy (non-hydrogen) atoms. The summed E-state index contributed by atoms with van der Waals surface area (Å²) in [6.07, 6.45) is 0. The lowest BCUT2D eigenvalue weighted by Crippen LogP contribution is -2.03. The molecule has 3 rings (SSSR count). The Labute approximate surface area is 182 Å². The maximum atomic E-state index is 12.5. The van der Waals surface area contributed by atoms with E-state index in [9.17, 15) is 15.5 Å². The van der Waals surface area contributed by atoms with Crippen molar-refractivity contribution in [3.8, 4) is 0 Å². The second kappa shape index (κ2) is 8.58. The predicted octanol–water partition coefficient (Wildman–Crippen LogP) is 10.4. The minimum atomic E-state index is -8.54. The summed E-state index contributed by atoms with van der Waals surface area (Å²) in [5.74, 6) is 0. The van der Waals surface area contributed by atoms with E-state index in [-0.39, 0.29) is 5.02 Å². The third kappa shape index (κ3) is 8.35. The van der Waals surface area contributed by atoms with E-state index in [0.29, 0.717) is 12.1 Å². The van der Waals surface area contributed by atoms with Gasteiger partial charge in [0.25, 0.3) is 9.05 Å². The SMILES string of the molecule is Clc1ccc(SSc2ccccc2)cc1.FS(F)(F)(F)(Cl)c1ccc(Cl)cc1. The van der Waals surface area contributed by atoms with Gasteiger partial charge < -0.3 is 0 Å². The molecule has 152 valence electrons. The van der Waals surface area contributed by atoms with Crippen LogP contribution in [0.3, 0.4) is 0 Å². The predicted molar refractivity (Wildman–Crippen MR) is 117 cm³/mol. The lowest BCUT2D eigenvalue weighted by Gasteiger charge is -2.42. The molecular weight excluding hydrogens is 495 g/mol. The fraction of sp³-hybridized carbons (Fsp3) is 0. The van der Waals surface area contributed by atoms with Gasteiger partial charge in [-0.15, -0.1) is 15.5 Å². The van der Waals surface area contributed by atoms with Gasteiger partial charge in [-0.2, -0.15) is 0 Å². The Bertz CT molecular complexity index is 902. The van der Waals surface area contributed by atoms with Crippen LogP contribution in [0.1, 0.15) is 0 Å². The van der Waals surface area contributed by atoms with Crippen molar-refractivity contribution < 1.29 is 15.5 Å².